The third kappa shape index (κ3) is 2.16. The molecule has 3 aliphatic carbocycles. The molecule has 1 heteroatoms. The molecule has 94 valence electrons. The molecule has 16 heavy (non-hydrogen) atoms. The largest absolute Gasteiger partial charge is 0.369 e. The molecule has 3 saturated carbocycles. The smallest absolute Gasteiger partial charge is 0.0690 e. The minimum Gasteiger partial charge on any atom is -0.369 e. The number of ether oxygens (including phenoxy) is 1. The molecule has 0 atom stereocenters. The van der Waals surface area contributed by atoms with Crippen LogP contribution in [0.15, 0.2) is 0 Å². The van der Waals surface area contributed by atoms with Gasteiger partial charge in [-0.15, -0.1) is 0 Å². The van der Waals surface area contributed by atoms with E-state index in [0.29, 0.717) is 5.41 Å². The highest BCUT2D eigenvalue weighted by molar-refractivity contribution is 5.02. The van der Waals surface area contributed by atoms with Crippen LogP contribution in [0.2, 0.25) is 0 Å². The van der Waals surface area contributed by atoms with Gasteiger partial charge in [0.05, 0.1) is 11.2 Å². The van der Waals surface area contributed by atoms with Gasteiger partial charge in [0.15, 0.2) is 0 Å². The Morgan fingerprint density at radius 3 is 1.62 bits per heavy atom. The third-order valence-electron chi connectivity index (χ3n) is 4.98. The molecule has 0 heterocycles. The fourth-order valence-electron chi connectivity index (χ4n) is 3.85. The van der Waals surface area contributed by atoms with Gasteiger partial charge in [0.25, 0.3) is 0 Å². The summed E-state index contributed by atoms with van der Waals surface area (Å²) in [5, 5.41) is 0. The fourth-order valence-corrected chi connectivity index (χ4v) is 3.85. The summed E-state index contributed by atoms with van der Waals surface area (Å²) in [5.41, 5.74) is 0.910. The molecule has 3 fully saturated rings. The summed E-state index contributed by atoms with van der Waals surface area (Å²) in [6, 6.07) is 0. The van der Waals surface area contributed by atoms with Crippen LogP contribution < -0.4 is 0 Å². The Morgan fingerprint density at radius 1 is 0.875 bits per heavy atom. The van der Waals surface area contributed by atoms with E-state index in [-0.39, 0.29) is 11.2 Å². The van der Waals surface area contributed by atoms with Crippen molar-refractivity contribution in [2.75, 3.05) is 0 Å². The Kier molecular flexibility index (Phi) is 2.89. The zero-order valence-electron chi connectivity index (χ0n) is 11.7. The Morgan fingerprint density at radius 2 is 1.31 bits per heavy atom. The quantitative estimate of drug-likeness (QED) is 0.668. The molecule has 0 N–H and O–H groups in total. The van der Waals surface area contributed by atoms with Crippen LogP contribution in [-0.4, -0.2) is 11.2 Å². The van der Waals surface area contributed by atoms with Crippen LogP contribution in [0.4, 0.5) is 0 Å². The van der Waals surface area contributed by atoms with Crippen LogP contribution in [0.3, 0.4) is 0 Å². The molecular formula is C15H28O. The van der Waals surface area contributed by atoms with Crippen LogP contribution in [-0.2, 0) is 4.74 Å². The number of hydrogen-bond acceptors (Lipinski definition) is 1. The molecule has 0 aromatic carbocycles. The van der Waals surface area contributed by atoms with Gasteiger partial charge in [-0.2, -0.15) is 0 Å². The predicted molar refractivity (Wildman–Crippen MR) is 68.5 cm³/mol. The summed E-state index contributed by atoms with van der Waals surface area (Å²) in [7, 11) is 0. The highest BCUT2D eigenvalue weighted by atomic mass is 16.5. The van der Waals surface area contributed by atoms with Gasteiger partial charge in [-0.1, -0.05) is 13.8 Å². The van der Waals surface area contributed by atoms with Crippen molar-refractivity contribution in [3.05, 3.63) is 0 Å². The third-order valence-corrected chi connectivity index (χ3v) is 4.98. The van der Waals surface area contributed by atoms with Crippen molar-refractivity contribution in [1.29, 1.82) is 0 Å². The topological polar surface area (TPSA) is 9.23 Å². The highest BCUT2D eigenvalue weighted by Crippen LogP contribution is 2.57. The van der Waals surface area contributed by atoms with Gasteiger partial charge in [-0.3, -0.25) is 0 Å². The molecule has 0 aromatic rings. The molecule has 0 saturated heterocycles. The van der Waals surface area contributed by atoms with E-state index >= 15 is 0 Å². The minimum absolute atomic E-state index is 0.0230. The van der Waals surface area contributed by atoms with Crippen molar-refractivity contribution in [3.8, 4) is 0 Å². The molecule has 3 rings (SSSR count). The Bertz CT molecular complexity index is 235. The van der Waals surface area contributed by atoms with E-state index in [1.54, 1.807) is 0 Å². The molecular weight excluding hydrogens is 196 g/mol. The lowest BCUT2D eigenvalue weighted by Crippen LogP contribution is -2.52. The lowest BCUT2D eigenvalue weighted by molar-refractivity contribution is -0.197. The molecule has 0 spiro atoms. The standard InChI is InChI=1S/C15H28O/c1-12(2)14-6-9-15(10-7-14,11-8-14)16-13(3,4)5/h12H,6-11H2,1-5H3. The maximum Gasteiger partial charge on any atom is 0.0690 e. The molecule has 0 aromatic heterocycles. The molecule has 0 unspecified atom stereocenters. The van der Waals surface area contributed by atoms with Crippen molar-refractivity contribution in [1.82, 2.24) is 0 Å². The summed E-state index contributed by atoms with van der Waals surface area (Å²) < 4.78 is 6.38. The predicted octanol–water partition coefficient (Wildman–Crippen LogP) is 4.55. The Balaban J connectivity index is 2.06. The molecule has 3 aliphatic rings. The van der Waals surface area contributed by atoms with Gasteiger partial charge >= 0.3 is 0 Å². The van der Waals surface area contributed by atoms with Gasteiger partial charge in [-0.25, -0.2) is 0 Å². The van der Waals surface area contributed by atoms with E-state index < -0.39 is 0 Å². The van der Waals surface area contributed by atoms with E-state index in [9.17, 15) is 0 Å². The lowest BCUT2D eigenvalue weighted by Gasteiger charge is -2.56. The van der Waals surface area contributed by atoms with E-state index in [1.807, 2.05) is 0 Å². The van der Waals surface area contributed by atoms with Crippen LogP contribution in [0.25, 0.3) is 0 Å². The molecule has 0 radical (unpaired) electrons. The average molecular weight is 224 g/mol. The summed E-state index contributed by atoms with van der Waals surface area (Å²) in [4.78, 5) is 0. The van der Waals surface area contributed by atoms with Crippen LogP contribution in [0, 0.1) is 11.3 Å². The summed E-state index contributed by atoms with van der Waals surface area (Å²) in [6.45, 7) is 11.4. The normalized spacial score (nSPS) is 39.4. The highest BCUT2D eigenvalue weighted by Gasteiger charge is 2.51. The average Bonchev–Trinajstić information content (AvgIpc) is 2.16. The first-order chi connectivity index (χ1) is 7.27. The van der Waals surface area contributed by atoms with Gasteiger partial charge in [-0.05, 0) is 70.6 Å². The summed E-state index contributed by atoms with van der Waals surface area (Å²) in [6.07, 6.45) is 8.05. The van der Waals surface area contributed by atoms with E-state index in [1.165, 1.54) is 38.5 Å². The monoisotopic (exact) mass is 224 g/mol. The molecule has 0 amide bonds. The van der Waals surface area contributed by atoms with Crippen molar-refractivity contribution in [3.63, 3.8) is 0 Å². The van der Waals surface area contributed by atoms with Gasteiger partial charge < -0.3 is 4.74 Å². The fraction of sp³-hybridized carbons (Fsp3) is 1.00. The van der Waals surface area contributed by atoms with Gasteiger partial charge in [0, 0.05) is 0 Å². The van der Waals surface area contributed by atoms with Crippen molar-refractivity contribution in [2.24, 2.45) is 11.3 Å². The van der Waals surface area contributed by atoms with Crippen LogP contribution in [0.1, 0.15) is 73.1 Å². The van der Waals surface area contributed by atoms with Crippen molar-refractivity contribution < 1.29 is 4.74 Å². The maximum atomic E-state index is 6.38. The molecule has 2 bridgehead atoms. The number of rotatable bonds is 2. The van der Waals surface area contributed by atoms with E-state index in [2.05, 4.69) is 34.6 Å². The van der Waals surface area contributed by atoms with Crippen molar-refractivity contribution >= 4 is 0 Å². The second kappa shape index (κ2) is 3.73. The lowest BCUT2D eigenvalue weighted by atomic mass is 9.54. The second-order valence-corrected chi connectivity index (χ2v) is 7.41. The summed E-state index contributed by atoms with van der Waals surface area (Å²) >= 11 is 0. The Labute approximate surface area is 101 Å². The van der Waals surface area contributed by atoms with E-state index in [4.69, 9.17) is 4.74 Å². The Hall–Kier alpha value is -0.0400. The zero-order chi connectivity index (χ0) is 12.0. The first kappa shape index (κ1) is 12.4. The molecule has 0 aliphatic heterocycles. The number of fused-ring (bicyclic) bond motifs is 3. The first-order valence-electron chi connectivity index (χ1n) is 6.97. The SMILES string of the molecule is CC(C)C12CCC(OC(C)(C)C)(CC1)CC2. The summed E-state index contributed by atoms with van der Waals surface area (Å²) in [5.74, 6) is 0.848. The van der Waals surface area contributed by atoms with Crippen molar-refractivity contribution in [2.45, 2.75) is 84.3 Å². The van der Waals surface area contributed by atoms with Gasteiger partial charge in [0.1, 0.15) is 0 Å². The molecule has 1 nitrogen and oxygen atoms in total. The second-order valence-electron chi connectivity index (χ2n) is 7.41. The van der Waals surface area contributed by atoms with E-state index in [0.717, 1.165) is 5.92 Å². The first-order valence-corrected chi connectivity index (χ1v) is 6.97. The number of hydrogen-bond donors (Lipinski definition) is 0. The van der Waals surface area contributed by atoms with Crippen LogP contribution >= 0.6 is 0 Å². The minimum atomic E-state index is 0.0230. The van der Waals surface area contributed by atoms with Crippen LogP contribution in [0.5, 0.6) is 0 Å². The zero-order valence-corrected chi connectivity index (χ0v) is 11.7. The van der Waals surface area contributed by atoms with Gasteiger partial charge in [0.2, 0.25) is 0 Å². The maximum absolute atomic E-state index is 6.38.